The smallest absolute Gasteiger partial charge is 0.155 e. The molecule has 0 amide bonds. The van der Waals surface area contributed by atoms with Crippen LogP contribution < -0.4 is 0 Å². The van der Waals surface area contributed by atoms with Gasteiger partial charge < -0.3 is 9.47 Å². The van der Waals surface area contributed by atoms with E-state index in [4.69, 9.17) is 9.47 Å². The van der Waals surface area contributed by atoms with Gasteiger partial charge in [0.1, 0.15) is 0 Å². The van der Waals surface area contributed by atoms with Crippen molar-refractivity contribution in [2.75, 3.05) is 6.61 Å². The van der Waals surface area contributed by atoms with Crippen LogP contribution in [0.15, 0.2) is 0 Å². The van der Waals surface area contributed by atoms with Gasteiger partial charge in [0.15, 0.2) is 6.29 Å². The molecule has 0 aromatic rings. The van der Waals surface area contributed by atoms with Crippen molar-refractivity contribution in [1.29, 1.82) is 0 Å². The Kier molecular flexibility index (Phi) is 5.24. The van der Waals surface area contributed by atoms with E-state index in [-0.39, 0.29) is 57.7 Å². The molecule has 8 heavy (non-hydrogen) atoms. The molecule has 1 aliphatic rings. The molecule has 2 atom stereocenters. The normalized spacial score (nSPS) is 36.8. The Hall–Kier alpha value is 1.56. The molecule has 1 saturated heterocycles. The Labute approximate surface area is 92.3 Å². The summed E-state index contributed by atoms with van der Waals surface area (Å²) in [6.07, 6.45) is 0.324. The van der Waals surface area contributed by atoms with Gasteiger partial charge in [-0.2, -0.15) is 0 Å². The molecule has 2 nitrogen and oxygen atoms in total. The van der Waals surface area contributed by atoms with E-state index in [1.165, 1.54) is 0 Å². The van der Waals surface area contributed by atoms with Crippen LogP contribution in [0.1, 0.15) is 13.8 Å². The fraction of sp³-hybridized carbons (Fsp3) is 1.00. The maximum atomic E-state index is 5.14. The molecule has 1 rings (SSSR count). The summed E-state index contributed by atoms with van der Waals surface area (Å²) in [5.74, 6) is 0. The van der Waals surface area contributed by atoms with E-state index in [1.54, 1.807) is 0 Å². The summed E-state index contributed by atoms with van der Waals surface area (Å²) in [5.41, 5.74) is 0. The summed E-state index contributed by atoms with van der Waals surface area (Å²) in [4.78, 5) is 0. The number of hydrogen-bond donors (Lipinski definition) is 0. The third-order valence-corrected chi connectivity index (χ3v) is 0.990. The minimum absolute atomic E-state index is 0. The Balaban J connectivity index is 0.000000490. The van der Waals surface area contributed by atoms with E-state index in [0.717, 1.165) is 6.61 Å². The van der Waals surface area contributed by atoms with Crippen LogP contribution >= 0.6 is 0 Å². The van der Waals surface area contributed by atoms with Crippen molar-refractivity contribution in [3.05, 3.63) is 0 Å². The van der Waals surface area contributed by atoms with E-state index in [0.29, 0.717) is 6.10 Å². The first kappa shape index (κ1) is 9.56. The quantitative estimate of drug-likeness (QED) is 0.454. The molecule has 0 N–H and O–H groups in total. The molecule has 0 aromatic heterocycles. The summed E-state index contributed by atoms with van der Waals surface area (Å²) < 4.78 is 10.2. The average molecular weight is 141 g/mol. The van der Waals surface area contributed by atoms with Gasteiger partial charge in [0.05, 0.1) is 12.7 Å². The van der Waals surface area contributed by atoms with Crippen molar-refractivity contribution < 1.29 is 9.47 Å². The van der Waals surface area contributed by atoms with Gasteiger partial charge in [0.2, 0.25) is 0 Å². The second-order valence-electron chi connectivity index (χ2n) is 1.85. The van der Waals surface area contributed by atoms with Crippen molar-refractivity contribution in [3.8, 4) is 0 Å². The summed E-state index contributed by atoms with van der Waals surface area (Å²) in [6, 6.07) is 0. The van der Waals surface area contributed by atoms with Gasteiger partial charge in [-0.25, -0.2) is 0 Å². The van der Waals surface area contributed by atoms with Crippen LogP contribution in [-0.2, 0) is 9.47 Å². The van der Waals surface area contributed by atoms with Crippen LogP contribution in [-0.4, -0.2) is 70.4 Å². The summed E-state index contributed by atoms with van der Waals surface area (Å²) in [7, 11) is 0. The van der Waals surface area contributed by atoms with E-state index in [2.05, 4.69) is 0 Å². The summed E-state index contributed by atoms with van der Waals surface area (Å²) in [5, 5.41) is 0. The monoisotopic (exact) mass is 141 g/mol. The number of ether oxygens (including phenoxy) is 2. The van der Waals surface area contributed by atoms with Gasteiger partial charge in [0.25, 0.3) is 0 Å². The molecule has 0 spiro atoms. The van der Waals surface area contributed by atoms with Crippen molar-refractivity contribution in [3.63, 3.8) is 0 Å². The largest absolute Gasteiger partial charge is 0.350 e. The molecule has 0 aliphatic carbocycles. The Bertz CT molecular complexity index is 59.4. The van der Waals surface area contributed by atoms with Gasteiger partial charge in [-0.3, -0.25) is 0 Å². The Morgan fingerprint density at radius 2 is 2.00 bits per heavy atom. The zero-order valence-electron chi connectivity index (χ0n) is 5.68. The molecule has 2 unspecified atom stereocenters. The molecular weight excluding hydrogens is 131 g/mol. The first-order valence-electron chi connectivity index (χ1n) is 2.56. The minimum Gasteiger partial charge on any atom is -0.350 e. The Morgan fingerprint density at radius 1 is 1.38 bits per heavy atom. The first-order chi connectivity index (χ1) is 3.29. The molecule has 0 aromatic carbocycles. The molecule has 43 valence electrons. The maximum Gasteiger partial charge on any atom is 0.155 e. The average Bonchev–Trinajstić information content (AvgIpc) is 1.87. The number of rotatable bonds is 0. The molecule has 1 fully saturated rings. The van der Waals surface area contributed by atoms with Crippen LogP contribution in [0.25, 0.3) is 0 Å². The van der Waals surface area contributed by atoms with E-state index in [1.807, 2.05) is 13.8 Å². The van der Waals surface area contributed by atoms with Crippen molar-refractivity contribution >= 4 is 51.4 Å². The van der Waals surface area contributed by atoms with Gasteiger partial charge >= 0.3 is 0 Å². The topological polar surface area (TPSA) is 18.5 Å². The Morgan fingerprint density at radius 3 is 2.12 bits per heavy atom. The molecule has 0 bridgehead atoms. The van der Waals surface area contributed by atoms with Gasteiger partial charge in [-0.05, 0) is 13.8 Å². The van der Waals surface area contributed by atoms with Crippen LogP contribution in [0.4, 0.5) is 0 Å². The molecular formula is C5H10KO2. The fourth-order valence-corrected chi connectivity index (χ4v) is 0.677. The summed E-state index contributed by atoms with van der Waals surface area (Å²) in [6.45, 7) is 4.66. The second kappa shape index (κ2) is 4.38. The van der Waals surface area contributed by atoms with Crippen LogP contribution in [0.2, 0.25) is 0 Å². The third kappa shape index (κ3) is 2.91. The number of hydrogen-bond acceptors (Lipinski definition) is 2. The predicted octanol–water partition coefficient (Wildman–Crippen LogP) is 0.387. The van der Waals surface area contributed by atoms with Gasteiger partial charge in [-0.1, -0.05) is 0 Å². The third-order valence-electron chi connectivity index (χ3n) is 0.990. The zero-order valence-corrected chi connectivity index (χ0v) is 8.80. The van der Waals surface area contributed by atoms with Crippen LogP contribution in [0, 0.1) is 0 Å². The van der Waals surface area contributed by atoms with E-state index in [9.17, 15) is 0 Å². The molecule has 1 radical (unpaired) electrons. The molecule has 0 saturated carbocycles. The standard InChI is InChI=1S/C5H10O2.K/c1-4-3-6-5(2)7-4;/h4-5H,3H2,1-2H3;. The molecule has 1 aliphatic heterocycles. The van der Waals surface area contributed by atoms with Crippen molar-refractivity contribution in [2.45, 2.75) is 26.2 Å². The van der Waals surface area contributed by atoms with Crippen LogP contribution in [0.3, 0.4) is 0 Å². The predicted molar refractivity (Wildman–Crippen MR) is 31.7 cm³/mol. The van der Waals surface area contributed by atoms with Crippen LogP contribution in [0.5, 0.6) is 0 Å². The summed E-state index contributed by atoms with van der Waals surface area (Å²) >= 11 is 0. The first-order valence-corrected chi connectivity index (χ1v) is 2.56. The zero-order chi connectivity index (χ0) is 5.28. The fourth-order valence-electron chi connectivity index (χ4n) is 0.677. The van der Waals surface area contributed by atoms with E-state index < -0.39 is 0 Å². The van der Waals surface area contributed by atoms with Gasteiger partial charge in [0, 0.05) is 51.4 Å². The molecule has 3 heteroatoms. The maximum absolute atomic E-state index is 5.14. The minimum atomic E-state index is 0. The second-order valence-corrected chi connectivity index (χ2v) is 1.85. The van der Waals surface area contributed by atoms with Crippen molar-refractivity contribution in [1.82, 2.24) is 0 Å². The SMILES string of the molecule is CC1COC(C)O1.[K]. The van der Waals surface area contributed by atoms with E-state index >= 15 is 0 Å². The van der Waals surface area contributed by atoms with Gasteiger partial charge in [-0.15, -0.1) is 0 Å². The molecule has 1 heterocycles. The van der Waals surface area contributed by atoms with Crippen molar-refractivity contribution in [2.24, 2.45) is 0 Å².